The number of carbonyl (C=O) groups is 2. The quantitative estimate of drug-likeness (QED) is 0.460. The summed E-state index contributed by atoms with van der Waals surface area (Å²) in [6, 6.07) is 15.2. The lowest BCUT2D eigenvalue weighted by molar-refractivity contribution is 0.0346. The maximum Gasteiger partial charge on any atom is 0.414 e. The minimum Gasteiger partial charge on any atom is -0.445 e. The number of rotatable bonds is 5. The predicted octanol–water partition coefficient (Wildman–Crippen LogP) is 4.81. The van der Waals surface area contributed by atoms with Gasteiger partial charge in [0, 0.05) is 32.2 Å². The van der Waals surface area contributed by atoms with Crippen molar-refractivity contribution in [2.45, 2.75) is 64.4 Å². The number of ether oxygens (including phenoxy) is 2. The number of nitrogens with zero attached hydrogens (tertiary/aromatic N) is 4. The van der Waals surface area contributed by atoms with Gasteiger partial charge >= 0.3 is 12.2 Å². The first-order valence-electron chi connectivity index (χ1n) is 14.1. The van der Waals surface area contributed by atoms with Crippen LogP contribution in [0.5, 0.6) is 0 Å². The Hall–Kier alpha value is -4.05. The largest absolute Gasteiger partial charge is 0.445 e. The van der Waals surface area contributed by atoms with Crippen molar-refractivity contribution in [3.05, 3.63) is 65.7 Å². The molecular formula is C31H39N5O5. The third-order valence-electron chi connectivity index (χ3n) is 7.23. The minimum atomic E-state index is -0.631. The maximum absolute atomic E-state index is 13.0. The Labute approximate surface area is 240 Å². The topological polar surface area (TPSA) is 109 Å². The molecule has 1 saturated heterocycles. The molecule has 0 aliphatic carbocycles. The number of aliphatic hydroxyl groups excluding tert-OH is 1. The van der Waals surface area contributed by atoms with Crippen molar-refractivity contribution in [2.75, 3.05) is 24.5 Å². The van der Waals surface area contributed by atoms with Crippen LogP contribution in [-0.4, -0.2) is 69.1 Å². The lowest BCUT2D eigenvalue weighted by Gasteiger charge is -2.36. The van der Waals surface area contributed by atoms with Gasteiger partial charge in [-0.2, -0.15) is 0 Å². The number of hydrogen-bond donors (Lipinski definition) is 2. The second kappa shape index (κ2) is 11.8. The van der Waals surface area contributed by atoms with Gasteiger partial charge in [0.05, 0.1) is 28.9 Å². The Morgan fingerprint density at radius 2 is 1.90 bits per heavy atom. The highest BCUT2D eigenvalue weighted by Crippen LogP contribution is 2.31. The fourth-order valence-corrected chi connectivity index (χ4v) is 5.40. The molecule has 1 aromatic heterocycles. The molecule has 2 aromatic carbocycles. The average molecular weight is 562 g/mol. The van der Waals surface area contributed by atoms with Crippen LogP contribution in [0.3, 0.4) is 0 Å². The van der Waals surface area contributed by atoms with Crippen LogP contribution in [0.2, 0.25) is 0 Å². The van der Waals surface area contributed by atoms with Crippen molar-refractivity contribution in [3.8, 4) is 0 Å². The Balaban J connectivity index is 1.31. The van der Waals surface area contributed by atoms with E-state index in [2.05, 4.69) is 11.4 Å². The molecule has 0 saturated carbocycles. The molecule has 0 unspecified atom stereocenters. The van der Waals surface area contributed by atoms with Crippen molar-refractivity contribution < 1.29 is 24.2 Å². The van der Waals surface area contributed by atoms with Gasteiger partial charge in [0.1, 0.15) is 12.2 Å². The fraction of sp³-hybridized carbons (Fsp3) is 0.452. The predicted molar refractivity (Wildman–Crippen MR) is 157 cm³/mol. The zero-order chi connectivity index (χ0) is 29.1. The molecule has 1 fully saturated rings. The smallest absolute Gasteiger partial charge is 0.414 e. The number of fused-ring (bicyclic) bond motifs is 1. The van der Waals surface area contributed by atoms with E-state index in [1.54, 1.807) is 4.90 Å². The Bertz CT molecular complexity index is 1430. The van der Waals surface area contributed by atoms with Crippen LogP contribution in [0.4, 0.5) is 15.5 Å². The van der Waals surface area contributed by atoms with E-state index >= 15 is 0 Å². The molecule has 41 heavy (non-hydrogen) atoms. The monoisotopic (exact) mass is 561 g/mol. The third-order valence-corrected chi connectivity index (χ3v) is 7.23. The van der Waals surface area contributed by atoms with E-state index < -0.39 is 17.8 Å². The molecule has 2 aliphatic rings. The molecule has 10 heteroatoms. The third kappa shape index (κ3) is 6.82. The van der Waals surface area contributed by atoms with Crippen LogP contribution in [0, 0.1) is 0 Å². The Morgan fingerprint density at radius 1 is 1.12 bits per heavy atom. The van der Waals surface area contributed by atoms with Crippen molar-refractivity contribution >= 4 is 34.9 Å². The summed E-state index contributed by atoms with van der Waals surface area (Å²) >= 11 is 0. The van der Waals surface area contributed by atoms with Crippen molar-refractivity contribution in [3.63, 3.8) is 0 Å². The van der Waals surface area contributed by atoms with E-state index in [0.717, 1.165) is 40.7 Å². The molecule has 2 N–H and O–H groups in total. The standard InChI is InChI=1S/C31H39N5O5/c1-31(2,3)41-30(39)36-15-9-8-12-26(36)22-13-14-27-25(16-22)33-28(34(27)4)35-18-23(17-24(37)19-35)32-29(38)40-20-21-10-6-5-7-11-21/h5-7,10-14,16,23-24,37H,8-9,15,17-20H2,1-4H3,(H,32,38)/t23-,24-/m1/s1. The van der Waals surface area contributed by atoms with E-state index in [1.165, 1.54) is 0 Å². The highest BCUT2D eigenvalue weighted by Gasteiger charge is 2.31. The molecule has 2 amide bonds. The minimum absolute atomic E-state index is 0.181. The SMILES string of the molecule is Cn1c(N2C[C@H](O)C[C@@H](NC(=O)OCc3ccccc3)C2)nc2cc(C3=CCCCN3C(=O)OC(C)(C)C)ccc21. The Kier molecular flexibility index (Phi) is 8.21. The summed E-state index contributed by atoms with van der Waals surface area (Å²) in [6.45, 7) is 7.26. The lowest BCUT2D eigenvalue weighted by atomic mass is 10.0. The summed E-state index contributed by atoms with van der Waals surface area (Å²) < 4.78 is 13.0. The molecule has 0 bridgehead atoms. The van der Waals surface area contributed by atoms with Crippen LogP contribution in [0.1, 0.15) is 51.2 Å². The van der Waals surface area contributed by atoms with Gasteiger partial charge in [0.2, 0.25) is 5.95 Å². The van der Waals surface area contributed by atoms with Gasteiger partial charge in [-0.1, -0.05) is 42.5 Å². The number of aliphatic hydroxyl groups is 1. The number of anilines is 1. The van der Waals surface area contributed by atoms with Crippen molar-refractivity contribution in [1.82, 2.24) is 19.8 Å². The number of carbonyl (C=O) groups excluding carboxylic acids is 2. The number of alkyl carbamates (subject to hydrolysis) is 1. The number of β-amino-alcohol motifs (C(OH)–C–C–N with tert-alkyl or cyclic N) is 1. The molecule has 2 atom stereocenters. The van der Waals surface area contributed by atoms with Gasteiger partial charge < -0.3 is 29.4 Å². The number of amides is 2. The first kappa shape index (κ1) is 28.5. The summed E-state index contributed by atoms with van der Waals surface area (Å²) in [5, 5.41) is 13.5. The number of imidazole rings is 1. The van der Waals surface area contributed by atoms with Crippen molar-refractivity contribution in [1.29, 1.82) is 0 Å². The van der Waals surface area contributed by atoms with E-state index in [4.69, 9.17) is 14.5 Å². The molecule has 10 nitrogen and oxygen atoms in total. The summed E-state index contributed by atoms with van der Waals surface area (Å²) in [5.74, 6) is 0.696. The zero-order valence-corrected chi connectivity index (χ0v) is 24.2. The maximum atomic E-state index is 13.0. The lowest BCUT2D eigenvalue weighted by Crippen LogP contribution is -2.53. The van der Waals surface area contributed by atoms with Crippen LogP contribution in [0.25, 0.3) is 16.7 Å². The molecule has 3 heterocycles. The van der Waals surface area contributed by atoms with Gasteiger partial charge in [-0.3, -0.25) is 4.90 Å². The number of benzene rings is 2. The second-order valence-corrected chi connectivity index (χ2v) is 11.7. The number of piperidine rings is 1. The number of aryl methyl sites for hydroxylation is 1. The summed E-state index contributed by atoms with van der Waals surface area (Å²) in [4.78, 5) is 34.0. The molecule has 218 valence electrons. The van der Waals surface area contributed by atoms with Crippen molar-refractivity contribution in [2.24, 2.45) is 7.05 Å². The van der Waals surface area contributed by atoms with E-state index in [-0.39, 0.29) is 18.7 Å². The molecule has 5 rings (SSSR count). The molecule has 0 radical (unpaired) electrons. The number of nitrogens with one attached hydrogen (secondary N) is 1. The average Bonchev–Trinajstić information content (AvgIpc) is 3.27. The van der Waals surface area contributed by atoms with Gasteiger partial charge in [-0.05, 0) is 57.7 Å². The van der Waals surface area contributed by atoms with Gasteiger partial charge in [0.15, 0.2) is 0 Å². The number of allylic oxidation sites excluding steroid dienone is 1. The first-order valence-corrected chi connectivity index (χ1v) is 14.1. The summed E-state index contributed by atoms with van der Waals surface area (Å²) in [6.07, 6.45) is 2.77. The van der Waals surface area contributed by atoms with Crippen LogP contribution in [0.15, 0.2) is 54.6 Å². The molecule has 0 spiro atoms. The molecule has 2 aliphatic heterocycles. The fourth-order valence-electron chi connectivity index (χ4n) is 5.40. The molecular weight excluding hydrogens is 522 g/mol. The second-order valence-electron chi connectivity index (χ2n) is 11.7. The number of hydrogen-bond acceptors (Lipinski definition) is 7. The summed E-state index contributed by atoms with van der Waals surface area (Å²) in [7, 11) is 1.94. The highest BCUT2D eigenvalue weighted by molar-refractivity contribution is 5.87. The first-order chi connectivity index (χ1) is 19.6. The van der Waals surface area contributed by atoms with Crippen LogP contribution >= 0.6 is 0 Å². The normalized spacial score (nSPS) is 19.6. The van der Waals surface area contributed by atoms with Crippen LogP contribution in [-0.2, 0) is 23.1 Å². The van der Waals surface area contributed by atoms with Crippen LogP contribution < -0.4 is 10.2 Å². The van der Waals surface area contributed by atoms with E-state index in [1.807, 2.05) is 85.8 Å². The zero-order valence-electron chi connectivity index (χ0n) is 24.2. The van der Waals surface area contributed by atoms with E-state index in [9.17, 15) is 14.7 Å². The Morgan fingerprint density at radius 3 is 2.66 bits per heavy atom. The summed E-state index contributed by atoms with van der Waals surface area (Å²) in [5.41, 5.74) is 3.76. The number of aromatic nitrogens is 2. The van der Waals surface area contributed by atoms with Gasteiger partial charge in [-0.25, -0.2) is 14.6 Å². The highest BCUT2D eigenvalue weighted by atomic mass is 16.6. The van der Waals surface area contributed by atoms with Gasteiger partial charge in [0.25, 0.3) is 0 Å². The molecule has 3 aromatic rings. The van der Waals surface area contributed by atoms with Gasteiger partial charge in [-0.15, -0.1) is 0 Å². The van der Waals surface area contributed by atoms with E-state index in [0.29, 0.717) is 32.0 Å².